The summed E-state index contributed by atoms with van der Waals surface area (Å²) >= 11 is -3.11. The van der Waals surface area contributed by atoms with E-state index in [1.807, 2.05) is 0 Å². The molecule has 0 aromatic heterocycles. The van der Waals surface area contributed by atoms with E-state index in [0.717, 1.165) is 0 Å². The molecule has 0 aliphatic heterocycles. The van der Waals surface area contributed by atoms with Crippen LogP contribution in [0.5, 0.6) is 0 Å². The van der Waals surface area contributed by atoms with E-state index >= 15 is 0 Å². The zero-order valence-electron chi connectivity index (χ0n) is 2.42. The zero-order valence-corrected chi connectivity index (χ0v) is 8.72. The molecule has 0 N–H and O–H groups in total. The maximum absolute atomic E-state index is 5.01. The Morgan fingerprint density at radius 3 is 0.833 bits per heavy atom. The topological polar surface area (TPSA) is 0 Å². The van der Waals surface area contributed by atoms with E-state index in [1.54, 1.807) is 0 Å². The van der Waals surface area contributed by atoms with Crippen molar-refractivity contribution in [2.75, 3.05) is 0 Å². The summed E-state index contributed by atoms with van der Waals surface area (Å²) in [5.74, 6) is 0. The van der Waals surface area contributed by atoms with Crippen LogP contribution in [0.25, 0.3) is 0 Å². The van der Waals surface area contributed by atoms with Gasteiger partial charge in [-0.15, -0.1) is 17.0 Å². The van der Waals surface area contributed by atoms with Crippen LogP contribution in [-0.2, 0) is 12.3 Å². The van der Waals surface area contributed by atoms with Crippen molar-refractivity contribution in [1.29, 1.82) is 0 Å². The van der Waals surface area contributed by atoms with E-state index in [4.69, 9.17) is 37.2 Å². The molecule has 0 heterocycles. The molecule has 0 bridgehead atoms. The third-order valence-electron chi connectivity index (χ3n) is 0. The number of hydrogen-bond acceptors (Lipinski definition) is 0. The number of hydrogen-bond donors (Lipinski definition) is 0. The second kappa shape index (κ2) is 4.25. The Labute approximate surface area is 65.7 Å². The number of halogens is 5. The van der Waals surface area contributed by atoms with Crippen LogP contribution in [0.15, 0.2) is 0 Å². The fraction of sp³-hybridized carbons (Fsp3) is 0. The van der Waals surface area contributed by atoms with Crippen LogP contribution in [0.3, 0.4) is 0 Å². The summed E-state index contributed by atoms with van der Waals surface area (Å²) in [6.45, 7) is 0. The summed E-state index contributed by atoms with van der Waals surface area (Å²) in [5, 5.41) is 0. The molecule has 0 nitrogen and oxygen atoms in total. The van der Waals surface area contributed by atoms with Crippen LogP contribution < -0.4 is 0 Å². The summed E-state index contributed by atoms with van der Waals surface area (Å²) in [5.41, 5.74) is 0. The van der Waals surface area contributed by atoms with Gasteiger partial charge in [0.15, 0.2) is 0 Å². The molecule has 0 unspecified atom stereocenters. The van der Waals surface area contributed by atoms with Gasteiger partial charge in [0.1, 0.15) is 0 Å². The predicted octanol–water partition coefficient (Wildman–Crippen LogP) is 3.33. The van der Waals surface area contributed by atoms with Crippen molar-refractivity contribution in [3.05, 3.63) is 0 Å². The van der Waals surface area contributed by atoms with Gasteiger partial charge in [-0.3, -0.25) is 0 Å². The van der Waals surface area contributed by atoms with Crippen molar-refractivity contribution in [3.8, 4) is 0 Å². The normalized spacial score (nSPS) is 10.0. The standard InChI is InChI=1S/BrH.4ClH.Ti/h5*1H;/q;;;;;+4/p-4. The first-order chi connectivity index (χ1) is 2.00. The van der Waals surface area contributed by atoms with Gasteiger partial charge >= 0.3 is 49.6 Å². The monoisotopic (exact) mass is 268 g/mol. The van der Waals surface area contributed by atoms with Gasteiger partial charge < -0.3 is 0 Å². The van der Waals surface area contributed by atoms with Crippen molar-refractivity contribution in [2.45, 2.75) is 0 Å². The molecule has 0 radical (unpaired) electrons. The third-order valence-corrected chi connectivity index (χ3v) is 0. The van der Waals surface area contributed by atoms with Crippen LogP contribution in [0.2, 0.25) is 0 Å². The quantitative estimate of drug-likeness (QED) is 0.592. The average molecular weight is 271 g/mol. The molecular weight excluding hydrogens is 270 g/mol. The van der Waals surface area contributed by atoms with E-state index in [2.05, 4.69) is 0 Å². The minimum atomic E-state index is -3.11. The molecule has 0 saturated heterocycles. The van der Waals surface area contributed by atoms with Crippen molar-refractivity contribution < 1.29 is 12.3 Å². The second-order valence-corrected chi connectivity index (χ2v) is 15.9. The molecule has 0 spiro atoms. The van der Waals surface area contributed by atoms with Gasteiger partial charge in [0.25, 0.3) is 0 Å². The summed E-state index contributed by atoms with van der Waals surface area (Å²) in [6, 6.07) is 0. The second-order valence-electron chi connectivity index (χ2n) is 0.429. The fourth-order valence-corrected chi connectivity index (χ4v) is 0. The van der Waals surface area contributed by atoms with Crippen molar-refractivity contribution >= 4 is 54.2 Å². The molecule has 0 amide bonds. The molecule has 6 heavy (non-hydrogen) atoms. The Bertz CT molecular complexity index is 23.0. The van der Waals surface area contributed by atoms with E-state index in [1.165, 1.54) is 0 Å². The van der Waals surface area contributed by atoms with Crippen LogP contribution in [0, 0.1) is 0 Å². The van der Waals surface area contributed by atoms with Gasteiger partial charge in [-0.2, -0.15) is 0 Å². The average Bonchev–Trinajstić information content (AvgIpc) is 0.722. The Balaban J connectivity index is 0. The Kier molecular flexibility index (Phi) is 7.94. The summed E-state index contributed by atoms with van der Waals surface area (Å²) in [4.78, 5) is 0. The first-order valence-electron chi connectivity index (χ1n) is 0.756. The zero-order chi connectivity index (χ0) is 4.50. The van der Waals surface area contributed by atoms with Gasteiger partial charge in [0.2, 0.25) is 0 Å². The minimum absolute atomic E-state index is 0. The van der Waals surface area contributed by atoms with E-state index in [-0.39, 0.29) is 17.0 Å². The van der Waals surface area contributed by atoms with Crippen LogP contribution in [0.1, 0.15) is 0 Å². The molecule has 0 aliphatic carbocycles. The van der Waals surface area contributed by atoms with Gasteiger partial charge in [0, 0.05) is 0 Å². The Morgan fingerprint density at radius 2 is 0.833 bits per heavy atom. The fourth-order valence-electron chi connectivity index (χ4n) is 0. The molecule has 0 aliphatic rings. The van der Waals surface area contributed by atoms with Gasteiger partial charge in [-0.1, -0.05) is 0 Å². The third kappa shape index (κ3) is 32.9. The van der Waals surface area contributed by atoms with Crippen molar-refractivity contribution in [3.63, 3.8) is 0 Å². The SMILES string of the molecule is Br.[Cl][Ti]([Cl])([Cl])[Cl]. The summed E-state index contributed by atoms with van der Waals surface area (Å²) < 4.78 is 0. The molecule has 0 aromatic rings. The molecule has 40 valence electrons. The maximum atomic E-state index is 5.01. The van der Waals surface area contributed by atoms with Gasteiger partial charge in [-0.05, 0) is 0 Å². The van der Waals surface area contributed by atoms with Crippen LogP contribution in [0.4, 0.5) is 0 Å². The molecular formula is HBrCl4Ti. The first-order valence-corrected chi connectivity index (χ1v) is 9.35. The van der Waals surface area contributed by atoms with E-state index in [9.17, 15) is 0 Å². The Morgan fingerprint density at radius 1 is 0.833 bits per heavy atom. The molecule has 0 saturated carbocycles. The first kappa shape index (κ1) is 11.2. The van der Waals surface area contributed by atoms with Gasteiger partial charge in [0.05, 0.1) is 0 Å². The molecule has 6 heteroatoms. The molecule has 0 rings (SSSR count). The predicted molar refractivity (Wildman–Crippen MR) is 33.7 cm³/mol. The molecule has 0 atom stereocenters. The van der Waals surface area contributed by atoms with Gasteiger partial charge in [-0.25, -0.2) is 0 Å². The van der Waals surface area contributed by atoms with E-state index < -0.39 is 12.3 Å². The van der Waals surface area contributed by atoms with E-state index in [0.29, 0.717) is 0 Å². The molecule has 0 aromatic carbocycles. The Hall–Kier alpha value is 2.35. The summed E-state index contributed by atoms with van der Waals surface area (Å²) in [6.07, 6.45) is 0. The molecule has 0 fully saturated rings. The number of rotatable bonds is 0. The van der Waals surface area contributed by atoms with Crippen LogP contribution >= 0.6 is 54.2 Å². The van der Waals surface area contributed by atoms with Crippen LogP contribution in [-0.4, -0.2) is 0 Å². The van der Waals surface area contributed by atoms with Crippen molar-refractivity contribution in [1.82, 2.24) is 0 Å². The van der Waals surface area contributed by atoms with Crippen molar-refractivity contribution in [2.24, 2.45) is 0 Å². The summed E-state index contributed by atoms with van der Waals surface area (Å²) in [7, 11) is 20.1.